The Morgan fingerprint density at radius 3 is 2.64 bits per heavy atom. The van der Waals surface area contributed by atoms with Gasteiger partial charge in [0.15, 0.2) is 0 Å². The van der Waals surface area contributed by atoms with Gasteiger partial charge < -0.3 is 33.9 Å². The predicted octanol–water partition coefficient (Wildman–Crippen LogP) is 0.637. The van der Waals surface area contributed by atoms with E-state index in [1.807, 2.05) is 0 Å². The molecule has 7 rings (SSSR count). The van der Waals surface area contributed by atoms with Crippen LogP contribution < -0.4 is 0 Å². The summed E-state index contributed by atoms with van der Waals surface area (Å²) in [5.74, 6) is 0.199. The van der Waals surface area contributed by atoms with Gasteiger partial charge in [-0.1, -0.05) is 6.92 Å². The first-order valence-electron chi connectivity index (χ1n) is 12.9. The van der Waals surface area contributed by atoms with Crippen LogP contribution in [0.1, 0.15) is 32.6 Å². The molecule has 0 aromatic carbocycles. The quantitative estimate of drug-likeness (QED) is 0.612. The number of fused-ring (bicyclic) bond motifs is 1. The zero-order valence-electron chi connectivity index (χ0n) is 20.2. The van der Waals surface area contributed by atoms with E-state index in [2.05, 4.69) is 11.8 Å². The van der Waals surface area contributed by atoms with Crippen LogP contribution in [0.5, 0.6) is 0 Å². The lowest BCUT2D eigenvalue weighted by Gasteiger charge is -2.69. The number of aliphatic hydroxyl groups is 2. The van der Waals surface area contributed by atoms with Crippen molar-refractivity contribution in [2.45, 2.75) is 74.3 Å². The molecule has 2 N–H and O–H groups in total. The van der Waals surface area contributed by atoms with Gasteiger partial charge in [-0.15, -0.1) is 0 Å². The SMILES string of the molecule is CCN1CC2(COC)CCC(O)C34C5CC6C(OC)CC7(OCOC7(C(OC)C23)C14)C5C6O. The maximum Gasteiger partial charge on any atom is 0.148 e. The van der Waals surface area contributed by atoms with Crippen LogP contribution in [0.3, 0.4) is 0 Å². The Balaban J connectivity index is 1.56. The van der Waals surface area contributed by atoms with E-state index < -0.39 is 28.8 Å². The molecule has 2 saturated heterocycles. The third kappa shape index (κ3) is 1.98. The lowest BCUT2D eigenvalue weighted by molar-refractivity contribution is -0.282. The van der Waals surface area contributed by atoms with Crippen LogP contribution >= 0.6 is 0 Å². The average Bonchev–Trinajstić information content (AvgIpc) is 3.36. The molecular weight excluding hydrogens is 426 g/mol. The van der Waals surface area contributed by atoms with E-state index in [-0.39, 0.29) is 54.1 Å². The smallest absolute Gasteiger partial charge is 0.148 e. The Bertz CT molecular complexity index is 844. The fourth-order valence-electron chi connectivity index (χ4n) is 11.4. The summed E-state index contributed by atoms with van der Waals surface area (Å²) in [5.41, 5.74) is -1.99. The van der Waals surface area contributed by atoms with Gasteiger partial charge in [0.1, 0.15) is 18.0 Å². The number of ether oxygens (including phenoxy) is 5. The molecule has 0 aromatic rings. The third-order valence-corrected chi connectivity index (χ3v) is 11.8. The first kappa shape index (κ1) is 21.9. The lowest BCUT2D eigenvalue weighted by Crippen LogP contribution is -2.81. The second kappa shape index (κ2) is 6.71. The first-order valence-corrected chi connectivity index (χ1v) is 12.9. The lowest BCUT2D eigenvalue weighted by atomic mass is 9.42. The molecule has 13 unspecified atom stereocenters. The first-order chi connectivity index (χ1) is 15.9. The predicted molar refractivity (Wildman–Crippen MR) is 116 cm³/mol. The topological polar surface area (TPSA) is 89.9 Å². The maximum absolute atomic E-state index is 12.0. The summed E-state index contributed by atoms with van der Waals surface area (Å²) < 4.78 is 31.9. The van der Waals surface area contributed by atoms with Crippen LogP contribution in [0.25, 0.3) is 0 Å². The van der Waals surface area contributed by atoms with Crippen LogP contribution in [0.2, 0.25) is 0 Å². The Labute approximate surface area is 195 Å². The van der Waals surface area contributed by atoms with Crippen molar-refractivity contribution >= 4 is 0 Å². The molecule has 2 heterocycles. The summed E-state index contributed by atoms with van der Waals surface area (Å²) >= 11 is 0. The van der Waals surface area contributed by atoms with Crippen LogP contribution in [0.15, 0.2) is 0 Å². The van der Waals surface area contributed by atoms with Crippen molar-refractivity contribution in [1.82, 2.24) is 4.90 Å². The van der Waals surface area contributed by atoms with E-state index in [0.29, 0.717) is 13.0 Å². The van der Waals surface area contributed by atoms with Crippen molar-refractivity contribution in [2.75, 3.05) is 47.8 Å². The number of hydrogen-bond acceptors (Lipinski definition) is 8. The van der Waals surface area contributed by atoms with E-state index in [0.717, 1.165) is 32.4 Å². The number of piperidine rings is 1. The monoisotopic (exact) mass is 465 g/mol. The van der Waals surface area contributed by atoms with Crippen molar-refractivity contribution in [3.63, 3.8) is 0 Å². The van der Waals surface area contributed by atoms with Gasteiger partial charge in [-0.05, 0) is 31.7 Å². The van der Waals surface area contributed by atoms with E-state index in [1.54, 1.807) is 21.3 Å². The maximum atomic E-state index is 12.0. The second-order valence-electron chi connectivity index (χ2n) is 12.0. The molecule has 2 aliphatic heterocycles. The van der Waals surface area contributed by atoms with E-state index in [9.17, 15) is 10.2 Å². The summed E-state index contributed by atoms with van der Waals surface area (Å²) in [6, 6.07) is -0.0180. The van der Waals surface area contributed by atoms with Crippen LogP contribution in [-0.4, -0.2) is 105 Å². The van der Waals surface area contributed by atoms with Crippen molar-refractivity contribution in [2.24, 2.45) is 34.5 Å². The molecule has 7 fully saturated rings. The highest BCUT2D eigenvalue weighted by Crippen LogP contribution is 2.82. The van der Waals surface area contributed by atoms with Gasteiger partial charge in [0.2, 0.25) is 0 Å². The largest absolute Gasteiger partial charge is 0.392 e. The number of methoxy groups -OCH3 is 3. The van der Waals surface area contributed by atoms with E-state index in [4.69, 9.17) is 23.7 Å². The molecule has 5 saturated carbocycles. The van der Waals surface area contributed by atoms with Crippen molar-refractivity contribution < 1.29 is 33.9 Å². The minimum atomic E-state index is -0.753. The normalized spacial score (nSPS) is 62.5. The molecule has 8 heteroatoms. The van der Waals surface area contributed by atoms with E-state index >= 15 is 0 Å². The number of rotatable bonds is 5. The summed E-state index contributed by atoms with van der Waals surface area (Å²) in [6.07, 6.45) is 1.90. The van der Waals surface area contributed by atoms with Crippen LogP contribution in [-0.2, 0) is 23.7 Å². The van der Waals surface area contributed by atoms with Crippen molar-refractivity contribution in [1.29, 1.82) is 0 Å². The van der Waals surface area contributed by atoms with Gasteiger partial charge in [-0.3, -0.25) is 4.90 Å². The highest BCUT2D eigenvalue weighted by atomic mass is 16.7. The molecular formula is C25H39NO7. The van der Waals surface area contributed by atoms with E-state index in [1.165, 1.54) is 0 Å². The van der Waals surface area contributed by atoms with Gasteiger partial charge in [0, 0.05) is 62.9 Å². The molecule has 8 nitrogen and oxygen atoms in total. The Kier molecular flexibility index (Phi) is 4.46. The Hall–Kier alpha value is -0.320. The Morgan fingerprint density at radius 2 is 1.94 bits per heavy atom. The number of likely N-dealkylation sites (N-methyl/N-ethyl adjacent to an activating group) is 1. The molecule has 7 bridgehead atoms. The summed E-state index contributed by atoms with van der Waals surface area (Å²) in [5, 5.41) is 23.8. The molecule has 3 spiro atoms. The highest BCUT2D eigenvalue weighted by molar-refractivity contribution is 5.42. The number of nitrogens with zero attached hydrogens (tertiary/aromatic N) is 1. The fourth-order valence-corrected chi connectivity index (χ4v) is 11.4. The van der Waals surface area contributed by atoms with Crippen LogP contribution in [0.4, 0.5) is 0 Å². The van der Waals surface area contributed by atoms with Gasteiger partial charge in [0.25, 0.3) is 0 Å². The number of likely N-dealkylation sites (tertiary alicyclic amines) is 1. The minimum absolute atomic E-state index is 0.0180. The zero-order chi connectivity index (χ0) is 23.0. The fraction of sp³-hybridized carbons (Fsp3) is 1.00. The number of hydrogen-bond donors (Lipinski definition) is 2. The Morgan fingerprint density at radius 1 is 1.12 bits per heavy atom. The molecule has 13 atom stereocenters. The third-order valence-electron chi connectivity index (χ3n) is 11.8. The summed E-state index contributed by atoms with van der Waals surface area (Å²) in [7, 11) is 5.34. The highest BCUT2D eigenvalue weighted by Gasteiger charge is 2.93. The van der Waals surface area contributed by atoms with Gasteiger partial charge in [0.05, 0.1) is 37.1 Å². The molecule has 186 valence electrons. The van der Waals surface area contributed by atoms with Crippen LogP contribution in [0, 0.1) is 34.5 Å². The summed E-state index contributed by atoms with van der Waals surface area (Å²) in [4.78, 5) is 2.56. The average molecular weight is 466 g/mol. The van der Waals surface area contributed by atoms with Gasteiger partial charge >= 0.3 is 0 Å². The molecule has 0 aromatic heterocycles. The van der Waals surface area contributed by atoms with Gasteiger partial charge in [-0.2, -0.15) is 0 Å². The zero-order valence-corrected chi connectivity index (χ0v) is 20.2. The molecule has 0 radical (unpaired) electrons. The van der Waals surface area contributed by atoms with Crippen molar-refractivity contribution in [3.8, 4) is 0 Å². The molecule has 5 aliphatic carbocycles. The standard InChI is InChI=1S/C25H39NO7/c1-5-26-10-22(11-29-2)7-6-16(27)24-14-8-13-15(30-3)9-23(17(14)18(13)28)25(21(24)26,33-12-32-23)20(31-4)19(22)24/h13-21,27-28H,5-12H2,1-4H3. The van der Waals surface area contributed by atoms with Crippen molar-refractivity contribution in [3.05, 3.63) is 0 Å². The number of aliphatic hydroxyl groups excluding tert-OH is 2. The molecule has 33 heavy (non-hydrogen) atoms. The summed E-state index contributed by atoms with van der Waals surface area (Å²) in [6.45, 7) is 4.83. The molecule has 0 amide bonds. The second-order valence-corrected chi connectivity index (χ2v) is 12.0. The molecule has 7 aliphatic rings. The van der Waals surface area contributed by atoms with Gasteiger partial charge in [-0.25, -0.2) is 0 Å². The minimum Gasteiger partial charge on any atom is -0.392 e.